The first-order valence-electron chi connectivity index (χ1n) is 7.53. The maximum Gasteiger partial charge on any atom is 0.222 e. The van der Waals surface area contributed by atoms with Crippen molar-refractivity contribution in [2.45, 2.75) is 26.4 Å². The summed E-state index contributed by atoms with van der Waals surface area (Å²) in [6.45, 7) is 3.15. The molecule has 1 aliphatic rings. The Labute approximate surface area is 135 Å². The first-order valence-corrected chi connectivity index (χ1v) is 9.14. The standard InChI is InChI=1S/C15H19N5O2S/c1-2-23(21,22)20-7-4-14-12(8-16-9-13(14)11-20)10-19-15-17-5-3-6-18-15/h3,5-6,8-9H,2,4,7,10-11H2,1H3,(H,17,18,19). The van der Waals surface area contributed by atoms with Gasteiger partial charge in [-0.1, -0.05) is 0 Å². The number of rotatable bonds is 5. The summed E-state index contributed by atoms with van der Waals surface area (Å²) in [5, 5.41) is 3.17. The monoisotopic (exact) mass is 333 g/mol. The number of pyridine rings is 1. The van der Waals surface area contributed by atoms with Crippen molar-refractivity contribution in [3.63, 3.8) is 0 Å². The third-order valence-corrected chi connectivity index (χ3v) is 5.78. The molecule has 0 aromatic carbocycles. The van der Waals surface area contributed by atoms with Gasteiger partial charge in [0.2, 0.25) is 16.0 Å². The predicted molar refractivity (Wildman–Crippen MR) is 87.2 cm³/mol. The average Bonchev–Trinajstić information content (AvgIpc) is 2.60. The minimum absolute atomic E-state index is 0.127. The molecule has 122 valence electrons. The van der Waals surface area contributed by atoms with Crippen LogP contribution in [0.4, 0.5) is 5.95 Å². The quantitative estimate of drug-likeness (QED) is 0.884. The molecule has 8 heteroatoms. The molecule has 0 spiro atoms. The van der Waals surface area contributed by atoms with Crippen LogP contribution >= 0.6 is 0 Å². The van der Waals surface area contributed by atoms with Gasteiger partial charge in [0.05, 0.1) is 5.75 Å². The largest absolute Gasteiger partial charge is 0.350 e. The second-order valence-electron chi connectivity index (χ2n) is 5.35. The van der Waals surface area contributed by atoms with Crippen LogP contribution in [0.15, 0.2) is 30.9 Å². The van der Waals surface area contributed by atoms with Gasteiger partial charge in [-0.25, -0.2) is 18.4 Å². The van der Waals surface area contributed by atoms with Crippen molar-refractivity contribution in [3.8, 4) is 0 Å². The van der Waals surface area contributed by atoms with Crippen LogP contribution in [-0.4, -0.2) is 40.0 Å². The molecule has 0 radical (unpaired) electrons. The number of hydrogen-bond acceptors (Lipinski definition) is 6. The molecule has 1 N–H and O–H groups in total. The first-order chi connectivity index (χ1) is 11.1. The number of sulfonamides is 1. The SMILES string of the molecule is CCS(=O)(=O)N1CCc2c(CNc3ncccn3)cncc2C1. The molecule has 0 saturated carbocycles. The molecular weight excluding hydrogens is 314 g/mol. The molecule has 2 aromatic heterocycles. The molecule has 0 atom stereocenters. The Morgan fingerprint density at radius 2 is 2.04 bits per heavy atom. The van der Waals surface area contributed by atoms with Crippen molar-refractivity contribution in [2.75, 3.05) is 17.6 Å². The number of hydrogen-bond donors (Lipinski definition) is 1. The van der Waals surface area contributed by atoms with E-state index in [9.17, 15) is 8.42 Å². The van der Waals surface area contributed by atoms with Gasteiger partial charge in [-0.2, -0.15) is 4.31 Å². The zero-order valence-electron chi connectivity index (χ0n) is 12.9. The van der Waals surface area contributed by atoms with Gasteiger partial charge in [0.25, 0.3) is 0 Å². The highest BCUT2D eigenvalue weighted by Gasteiger charge is 2.26. The summed E-state index contributed by atoms with van der Waals surface area (Å²) in [5.74, 6) is 0.693. The first kappa shape index (κ1) is 15.8. The molecule has 0 fully saturated rings. The van der Waals surface area contributed by atoms with Gasteiger partial charge in [-0.15, -0.1) is 0 Å². The predicted octanol–water partition coefficient (Wildman–Crippen LogP) is 1.19. The average molecular weight is 333 g/mol. The Kier molecular flexibility index (Phi) is 4.53. The van der Waals surface area contributed by atoms with E-state index >= 15 is 0 Å². The van der Waals surface area contributed by atoms with Crippen LogP contribution in [0.3, 0.4) is 0 Å². The molecule has 0 amide bonds. The highest BCUT2D eigenvalue weighted by Crippen LogP contribution is 2.24. The van der Waals surface area contributed by atoms with Crippen molar-refractivity contribution in [1.29, 1.82) is 0 Å². The van der Waals surface area contributed by atoms with E-state index in [2.05, 4.69) is 20.3 Å². The van der Waals surface area contributed by atoms with E-state index < -0.39 is 10.0 Å². The minimum atomic E-state index is -3.16. The van der Waals surface area contributed by atoms with Gasteiger partial charge in [0.15, 0.2) is 0 Å². The maximum atomic E-state index is 12.0. The van der Waals surface area contributed by atoms with Crippen LogP contribution in [0.1, 0.15) is 23.6 Å². The molecule has 23 heavy (non-hydrogen) atoms. The zero-order valence-corrected chi connectivity index (χ0v) is 13.8. The fourth-order valence-corrected chi connectivity index (χ4v) is 3.75. The second kappa shape index (κ2) is 6.59. The normalized spacial score (nSPS) is 15.2. The molecular formula is C15H19N5O2S. The van der Waals surface area contributed by atoms with Crippen molar-refractivity contribution >= 4 is 16.0 Å². The van der Waals surface area contributed by atoms with E-state index in [4.69, 9.17) is 0 Å². The van der Waals surface area contributed by atoms with Gasteiger partial charge in [0.1, 0.15) is 0 Å². The molecule has 0 saturated heterocycles. The lowest BCUT2D eigenvalue weighted by Crippen LogP contribution is -2.37. The van der Waals surface area contributed by atoms with E-state index in [0.717, 1.165) is 11.1 Å². The summed E-state index contributed by atoms with van der Waals surface area (Å²) < 4.78 is 25.6. The summed E-state index contributed by atoms with van der Waals surface area (Å²) in [6, 6.07) is 1.76. The van der Waals surface area contributed by atoms with Crippen LogP contribution in [0.5, 0.6) is 0 Å². The number of nitrogens with one attached hydrogen (secondary N) is 1. The fraction of sp³-hybridized carbons (Fsp3) is 0.400. The van der Waals surface area contributed by atoms with E-state index in [-0.39, 0.29) is 5.75 Å². The van der Waals surface area contributed by atoms with Gasteiger partial charge < -0.3 is 5.32 Å². The minimum Gasteiger partial charge on any atom is -0.350 e. The van der Waals surface area contributed by atoms with Crippen LogP contribution in [0.2, 0.25) is 0 Å². The van der Waals surface area contributed by atoms with Crippen LogP contribution in [-0.2, 0) is 29.5 Å². The molecule has 0 aliphatic carbocycles. The Balaban J connectivity index is 1.77. The molecule has 2 aromatic rings. The molecule has 0 unspecified atom stereocenters. The van der Waals surface area contributed by atoms with Crippen LogP contribution in [0.25, 0.3) is 0 Å². The number of fused-ring (bicyclic) bond motifs is 1. The Morgan fingerprint density at radius 3 is 2.78 bits per heavy atom. The topological polar surface area (TPSA) is 88.1 Å². The third-order valence-electron chi connectivity index (χ3n) is 3.95. The van der Waals surface area contributed by atoms with Gasteiger partial charge in [0, 0.05) is 44.4 Å². The molecule has 7 nitrogen and oxygen atoms in total. The summed E-state index contributed by atoms with van der Waals surface area (Å²) >= 11 is 0. The Bertz CT molecular complexity index is 780. The molecule has 3 heterocycles. The molecule has 0 bridgehead atoms. The summed E-state index contributed by atoms with van der Waals surface area (Å²) in [6.07, 6.45) is 7.64. The smallest absolute Gasteiger partial charge is 0.222 e. The van der Waals surface area contributed by atoms with Gasteiger partial charge in [-0.05, 0) is 36.1 Å². The summed E-state index contributed by atoms with van der Waals surface area (Å²) in [4.78, 5) is 12.5. The third kappa shape index (κ3) is 3.48. The van der Waals surface area contributed by atoms with E-state index in [1.165, 1.54) is 9.87 Å². The molecule has 3 rings (SSSR count). The Hall–Kier alpha value is -2.06. The highest BCUT2D eigenvalue weighted by atomic mass is 32.2. The summed E-state index contributed by atoms with van der Waals surface area (Å²) in [7, 11) is -3.16. The summed E-state index contributed by atoms with van der Waals surface area (Å²) in [5.41, 5.74) is 3.20. The van der Waals surface area contributed by atoms with Gasteiger partial charge in [-0.3, -0.25) is 4.98 Å². The maximum absolute atomic E-state index is 12.0. The second-order valence-corrected chi connectivity index (χ2v) is 7.60. The van der Waals surface area contributed by atoms with E-state index in [0.29, 0.717) is 32.0 Å². The lowest BCUT2D eigenvalue weighted by Gasteiger charge is -2.28. The molecule has 1 aliphatic heterocycles. The zero-order chi connectivity index (χ0) is 16.3. The highest BCUT2D eigenvalue weighted by molar-refractivity contribution is 7.89. The lowest BCUT2D eigenvalue weighted by molar-refractivity contribution is 0.390. The van der Waals surface area contributed by atoms with E-state index in [1.54, 1.807) is 31.6 Å². The van der Waals surface area contributed by atoms with Crippen molar-refractivity contribution < 1.29 is 8.42 Å². The number of nitrogens with zero attached hydrogens (tertiary/aromatic N) is 4. The van der Waals surface area contributed by atoms with Crippen LogP contribution in [0, 0.1) is 0 Å². The fourth-order valence-electron chi connectivity index (χ4n) is 2.68. The van der Waals surface area contributed by atoms with Crippen LogP contribution < -0.4 is 5.32 Å². The van der Waals surface area contributed by atoms with Crippen molar-refractivity contribution in [3.05, 3.63) is 47.5 Å². The van der Waals surface area contributed by atoms with E-state index in [1.807, 2.05) is 6.20 Å². The lowest BCUT2D eigenvalue weighted by atomic mass is 9.98. The number of aromatic nitrogens is 3. The number of anilines is 1. The Morgan fingerprint density at radius 1 is 1.26 bits per heavy atom. The van der Waals surface area contributed by atoms with Crippen molar-refractivity contribution in [1.82, 2.24) is 19.3 Å². The van der Waals surface area contributed by atoms with Crippen molar-refractivity contribution in [2.24, 2.45) is 0 Å². The van der Waals surface area contributed by atoms with Gasteiger partial charge >= 0.3 is 0 Å².